The number of hydrogen-bond donors (Lipinski definition) is 1. The predicted octanol–water partition coefficient (Wildman–Crippen LogP) is 1.52. The number of esters is 1. The Morgan fingerprint density at radius 3 is 2.53 bits per heavy atom. The molecule has 4 nitrogen and oxygen atoms in total. The van der Waals surface area contributed by atoms with Crippen molar-refractivity contribution in [2.45, 2.75) is 25.8 Å². The molecule has 17 heavy (non-hydrogen) atoms. The SMILES string of the molecule is CCc1ccc(OCC(N)CC(=O)OC)cc1. The lowest BCUT2D eigenvalue weighted by molar-refractivity contribution is -0.141. The summed E-state index contributed by atoms with van der Waals surface area (Å²) < 4.78 is 10.0. The summed E-state index contributed by atoms with van der Waals surface area (Å²) in [6.07, 6.45) is 1.17. The van der Waals surface area contributed by atoms with E-state index in [4.69, 9.17) is 10.5 Å². The van der Waals surface area contributed by atoms with Gasteiger partial charge >= 0.3 is 5.97 Å². The molecule has 1 aromatic carbocycles. The highest BCUT2D eigenvalue weighted by Crippen LogP contribution is 2.12. The summed E-state index contributed by atoms with van der Waals surface area (Å²) in [7, 11) is 1.35. The van der Waals surface area contributed by atoms with Crippen molar-refractivity contribution in [1.29, 1.82) is 0 Å². The second-order valence-corrected chi connectivity index (χ2v) is 3.85. The van der Waals surface area contributed by atoms with Crippen molar-refractivity contribution in [3.63, 3.8) is 0 Å². The van der Waals surface area contributed by atoms with Crippen LogP contribution in [0.5, 0.6) is 5.75 Å². The van der Waals surface area contributed by atoms with Crippen LogP contribution in [0.4, 0.5) is 0 Å². The number of hydrogen-bond acceptors (Lipinski definition) is 4. The maximum atomic E-state index is 11.0. The monoisotopic (exact) mass is 237 g/mol. The van der Waals surface area contributed by atoms with Gasteiger partial charge in [-0.15, -0.1) is 0 Å². The van der Waals surface area contributed by atoms with Crippen molar-refractivity contribution in [1.82, 2.24) is 0 Å². The Kier molecular flexibility index (Phi) is 5.49. The molecule has 1 atom stereocenters. The van der Waals surface area contributed by atoms with E-state index >= 15 is 0 Å². The van der Waals surface area contributed by atoms with Crippen LogP contribution >= 0.6 is 0 Å². The van der Waals surface area contributed by atoms with Gasteiger partial charge in [0, 0.05) is 6.04 Å². The van der Waals surface area contributed by atoms with Crippen LogP contribution in [0.25, 0.3) is 0 Å². The van der Waals surface area contributed by atoms with Gasteiger partial charge in [-0.05, 0) is 24.1 Å². The lowest BCUT2D eigenvalue weighted by Crippen LogP contribution is -2.30. The Labute approximate surface area is 102 Å². The van der Waals surface area contributed by atoms with Gasteiger partial charge in [-0.25, -0.2) is 0 Å². The maximum Gasteiger partial charge on any atom is 0.307 e. The summed E-state index contributed by atoms with van der Waals surface area (Å²) in [6, 6.07) is 7.50. The van der Waals surface area contributed by atoms with Gasteiger partial charge < -0.3 is 15.2 Å². The van der Waals surface area contributed by atoms with Crippen molar-refractivity contribution in [2.75, 3.05) is 13.7 Å². The molecule has 1 unspecified atom stereocenters. The molecule has 94 valence electrons. The van der Waals surface area contributed by atoms with Crippen LogP contribution in [0.3, 0.4) is 0 Å². The van der Waals surface area contributed by atoms with E-state index in [1.54, 1.807) is 0 Å². The molecule has 0 fully saturated rings. The number of carbonyl (C=O) groups excluding carboxylic acids is 1. The summed E-state index contributed by atoms with van der Waals surface area (Å²) >= 11 is 0. The second-order valence-electron chi connectivity index (χ2n) is 3.85. The van der Waals surface area contributed by atoms with E-state index in [0.717, 1.165) is 12.2 Å². The standard InChI is InChI=1S/C13H19NO3/c1-3-10-4-6-12(7-5-10)17-9-11(14)8-13(15)16-2/h4-7,11H,3,8-9,14H2,1-2H3. The summed E-state index contributed by atoms with van der Waals surface area (Å²) in [4.78, 5) is 11.0. The van der Waals surface area contributed by atoms with Crippen LogP contribution in [0, 0.1) is 0 Å². The minimum atomic E-state index is -0.340. The van der Waals surface area contributed by atoms with Crippen molar-refractivity contribution in [2.24, 2.45) is 5.73 Å². The van der Waals surface area contributed by atoms with Gasteiger partial charge in [0.1, 0.15) is 12.4 Å². The molecule has 4 heteroatoms. The minimum absolute atomic E-state index is 0.170. The highest BCUT2D eigenvalue weighted by Gasteiger charge is 2.10. The van der Waals surface area contributed by atoms with Crippen LogP contribution < -0.4 is 10.5 Å². The van der Waals surface area contributed by atoms with Gasteiger partial charge in [0.15, 0.2) is 0 Å². The van der Waals surface area contributed by atoms with E-state index < -0.39 is 0 Å². The van der Waals surface area contributed by atoms with E-state index in [1.807, 2.05) is 24.3 Å². The molecule has 0 aliphatic heterocycles. The van der Waals surface area contributed by atoms with Gasteiger partial charge in [0.05, 0.1) is 13.5 Å². The highest BCUT2D eigenvalue weighted by molar-refractivity contribution is 5.69. The van der Waals surface area contributed by atoms with E-state index in [2.05, 4.69) is 11.7 Å². The van der Waals surface area contributed by atoms with E-state index in [9.17, 15) is 4.79 Å². The number of rotatable bonds is 6. The van der Waals surface area contributed by atoms with Gasteiger partial charge in [0.2, 0.25) is 0 Å². The average Bonchev–Trinajstić information content (AvgIpc) is 2.36. The van der Waals surface area contributed by atoms with Crippen LogP contribution in [-0.4, -0.2) is 25.7 Å². The minimum Gasteiger partial charge on any atom is -0.492 e. The predicted molar refractivity (Wildman–Crippen MR) is 65.9 cm³/mol. The first kappa shape index (κ1) is 13.5. The fourth-order valence-electron chi connectivity index (χ4n) is 1.38. The third-order valence-electron chi connectivity index (χ3n) is 2.45. The van der Waals surface area contributed by atoms with Crippen LogP contribution in [0.1, 0.15) is 18.9 Å². The molecule has 0 aromatic heterocycles. The number of benzene rings is 1. The number of carbonyl (C=O) groups is 1. The molecule has 0 aliphatic carbocycles. The van der Waals surface area contributed by atoms with Crippen molar-refractivity contribution >= 4 is 5.97 Å². The molecular formula is C13H19NO3. The van der Waals surface area contributed by atoms with Crippen LogP contribution in [0.15, 0.2) is 24.3 Å². The average molecular weight is 237 g/mol. The lowest BCUT2D eigenvalue weighted by Gasteiger charge is -2.12. The second kappa shape index (κ2) is 6.91. The number of ether oxygens (including phenoxy) is 2. The van der Waals surface area contributed by atoms with E-state index in [0.29, 0.717) is 6.61 Å². The molecule has 2 N–H and O–H groups in total. The largest absolute Gasteiger partial charge is 0.492 e. The Morgan fingerprint density at radius 2 is 2.00 bits per heavy atom. The first-order chi connectivity index (χ1) is 8.15. The summed E-state index contributed by atoms with van der Waals surface area (Å²) in [5.74, 6) is 0.449. The first-order valence-corrected chi connectivity index (χ1v) is 5.69. The zero-order valence-electron chi connectivity index (χ0n) is 10.3. The first-order valence-electron chi connectivity index (χ1n) is 5.69. The zero-order chi connectivity index (χ0) is 12.7. The lowest BCUT2D eigenvalue weighted by atomic mass is 10.2. The molecule has 0 radical (unpaired) electrons. The fourth-order valence-corrected chi connectivity index (χ4v) is 1.38. The van der Waals surface area contributed by atoms with Crippen molar-refractivity contribution in [3.05, 3.63) is 29.8 Å². The third kappa shape index (κ3) is 4.87. The number of nitrogens with two attached hydrogens (primary N) is 1. The smallest absolute Gasteiger partial charge is 0.307 e. The molecule has 0 saturated heterocycles. The van der Waals surface area contributed by atoms with E-state index in [-0.39, 0.29) is 18.4 Å². The number of aryl methyl sites for hydroxylation is 1. The molecule has 0 heterocycles. The van der Waals surface area contributed by atoms with E-state index in [1.165, 1.54) is 12.7 Å². The van der Waals surface area contributed by atoms with Gasteiger partial charge in [-0.2, -0.15) is 0 Å². The third-order valence-corrected chi connectivity index (χ3v) is 2.45. The Morgan fingerprint density at radius 1 is 1.35 bits per heavy atom. The number of methoxy groups -OCH3 is 1. The Bertz CT molecular complexity index is 348. The zero-order valence-corrected chi connectivity index (χ0v) is 10.3. The molecule has 0 spiro atoms. The topological polar surface area (TPSA) is 61.5 Å². The summed E-state index contributed by atoms with van der Waals surface area (Å²) in [5, 5.41) is 0. The summed E-state index contributed by atoms with van der Waals surface area (Å²) in [6.45, 7) is 2.41. The quantitative estimate of drug-likeness (QED) is 0.762. The van der Waals surface area contributed by atoms with Crippen LogP contribution in [0.2, 0.25) is 0 Å². The van der Waals surface area contributed by atoms with Crippen molar-refractivity contribution < 1.29 is 14.3 Å². The molecule has 0 saturated carbocycles. The fraction of sp³-hybridized carbons (Fsp3) is 0.462. The Hall–Kier alpha value is -1.55. The molecule has 1 rings (SSSR count). The van der Waals surface area contributed by atoms with Gasteiger partial charge in [-0.1, -0.05) is 19.1 Å². The van der Waals surface area contributed by atoms with Crippen LogP contribution in [-0.2, 0) is 16.0 Å². The molecule has 0 aliphatic rings. The highest BCUT2D eigenvalue weighted by atomic mass is 16.5. The normalized spacial score (nSPS) is 11.9. The molecule has 0 bridgehead atoms. The maximum absolute atomic E-state index is 11.0. The molecule has 1 aromatic rings. The Balaban J connectivity index is 2.36. The molecule has 0 amide bonds. The van der Waals surface area contributed by atoms with Gasteiger partial charge in [-0.3, -0.25) is 4.79 Å². The van der Waals surface area contributed by atoms with Gasteiger partial charge in [0.25, 0.3) is 0 Å². The van der Waals surface area contributed by atoms with Crippen molar-refractivity contribution in [3.8, 4) is 5.75 Å². The molecular weight excluding hydrogens is 218 g/mol. The summed E-state index contributed by atoms with van der Waals surface area (Å²) in [5.41, 5.74) is 6.99.